The van der Waals surface area contributed by atoms with E-state index in [1.165, 1.54) is 12.1 Å². The van der Waals surface area contributed by atoms with Gasteiger partial charge in [0.1, 0.15) is 0 Å². The monoisotopic (exact) mass is 313 g/mol. The van der Waals surface area contributed by atoms with Crippen LogP contribution in [0.4, 0.5) is 5.69 Å². The van der Waals surface area contributed by atoms with Gasteiger partial charge in [0.15, 0.2) is 11.2 Å². The largest absolute Gasteiger partial charge is 0.480 e. The summed E-state index contributed by atoms with van der Waals surface area (Å²) in [6.07, 6.45) is -0.130. The van der Waals surface area contributed by atoms with Gasteiger partial charge >= 0.3 is 5.97 Å². The molecule has 0 saturated carbocycles. The number of hydrogen-bond acceptors (Lipinski definition) is 5. The molecular weight excluding hydrogens is 302 g/mol. The van der Waals surface area contributed by atoms with E-state index in [4.69, 9.17) is 16.3 Å². The molecule has 2 rings (SSSR count). The number of carboxylic acids is 1. The van der Waals surface area contributed by atoms with Crippen LogP contribution in [0.2, 0.25) is 5.02 Å². The summed E-state index contributed by atoms with van der Waals surface area (Å²) in [4.78, 5) is 33.6. The van der Waals surface area contributed by atoms with Gasteiger partial charge in [0, 0.05) is 18.6 Å². The molecule has 0 aliphatic carbocycles. The number of ether oxygens (including phenoxy) is 1. The van der Waals surface area contributed by atoms with Crippen LogP contribution in [0, 0.1) is 15.5 Å². The Hall–Kier alpha value is -1.99. The molecule has 112 valence electrons. The molecule has 0 aromatic heterocycles. The van der Waals surface area contributed by atoms with Gasteiger partial charge in [-0.2, -0.15) is 0 Å². The fourth-order valence-electron chi connectivity index (χ4n) is 2.26. The van der Waals surface area contributed by atoms with Gasteiger partial charge in [-0.3, -0.25) is 19.7 Å². The van der Waals surface area contributed by atoms with Crippen molar-refractivity contribution in [1.82, 2.24) is 0 Å². The number of benzene rings is 1. The highest BCUT2D eigenvalue weighted by atomic mass is 35.5. The third kappa shape index (κ3) is 2.88. The van der Waals surface area contributed by atoms with Crippen LogP contribution < -0.4 is 0 Å². The summed E-state index contributed by atoms with van der Waals surface area (Å²) in [7, 11) is 0. The van der Waals surface area contributed by atoms with Crippen molar-refractivity contribution in [3.8, 4) is 0 Å². The van der Waals surface area contributed by atoms with E-state index in [2.05, 4.69) is 0 Å². The number of Topliss-reactive ketones (excluding diaryl/α,β-unsaturated/α-hetero) is 1. The molecule has 1 fully saturated rings. The fourth-order valence-corrected chi connectivity index (χ4v) is 2.50. The van der Waals surface area contributed by atoms with E-state index in [1.54, 1.807) is 0 Å². The van der Waals surface area contributed by atoms with Crippen LogP contribution in [-0.4, -0.2) is 35.0 Å². The molecule has 21 heavy (non-hydrogen) atoms. The van der Waals surface area contributed by atoms with E-state index >= 15 is 0 Å². The second kappa shape index (κ2) is 5.79. The second-order valence-electron chi connectivity index (χ2n) is 4.82. The molecule has 7 nitrogen and oxygen atoms in total. The predicted octanol–water partition coefficient (Wildman–Crippen LogP) is 1.85. The maximum absolute atomic E-state index is 12.0. The first-order chi connectivity index (χ1) is 9.86. The zero-order valence-electron chi connectivity index (χ0n) is 10.9. The predicted molar refractivity (Wildman–Crippen MR) is 72.3 cm³/mol. The van der Waals surface area contributed by atoms with Crippen LogP contribution >= 0.6 is 11.6 Å². The molecule has 1 unspecified atom stereocenters. The van der Waals surface area contributed by atoms with Crippen molar-refractivity contribution in [3.63, 3.8) is 0 Å². The molecule has 0 spiro atoms. The summed E-state index contributed by atoms with van der Waals surface area (Å²) in [6.45, 7) is -0.0314. The molecule has 1 aromatic carbocycles. The zero-order chi connectivity index (χ0) is 15.6. The number of carbonyl (C=O) groups is 2. The van der Waals surface area contributed by atoms with Crippen LogP contribution in [0.15, 0.2) is 18.2 Å². The summed E-state index contributed by atoms with van der Waals surface area (Å²) >= 11 is 5.96. The Balaban J connectivity index is 2.36. The molecule has 0 bridgehead atoms. The number of hydrogen-bond donors (Lipinski definition) is 1. The first-order valence-corrected chi connectivity index (χ1v) is 6.52. The maximum atomic E-state index is 12.0. The Morgan fingerprint density at radius 3 is 2.76 bits per heavy atom. The zero-order valence-corrected chi connectivity index (χ0v) is 11.6. The molecule has 1 heterocycles. The van der Waals surface area contributed by atoms with Gasteiger partial charge in [-0.15, -0.1) is 0 Å². The minimum absolute atomic E-state index is 0.0247. The first-order valence-electron chi connectivity index (χ1n) is 6.14. The van der Waals surface area contributed by atoms with Gasteiger partial charge in [-0.05, 0) is 12.0 Å². The number of nitrogens with zero attached hydrogens (tertiary/aromatic N) is 1. The van der Waals surface area contributed by atoms with E-state index in [9.17, 15) is 24.8 Å². The minimum atomic E-state index is -1.68. The van der Waals surface area contributed by atoms with Crippen molar-refractivity contribution in [3.05, 3.63) is 38.9 Å². The third-order valence-electron chi connectivity index (χ3n) is 3.50. The lowest BCUT2D eigenvalue weighted by Crippen LogP contribution is -2.48. The normalized spacial score (nSPS) is 22.0. The van der Waals surface area contributed by atoms with E-state index in [-0.39, 0.29) is 36.8 Å². The Bertz CT molecular complexity index is 617. The molecular formula is C13H12ClNO6. The molecule has 1 aliphatic heterocycles. The number of nitro benzene ring substituents is 1. The Labute approximate surface area is 124 Å². The van der Waals surface area contributed by atoms with Gasteiger partial charge in [0.25, 0.3) is 5.69 Å². The molecule has 1 aromatic rings. The third-order valence-corrected chi connectivity index (χ3v) is 3.86. The summed E-state index contributed by atoms with van der Waals surface area (Å²) in [5.74, 6) is -1.70. The maximum Gasteiger partial charge on any atom is 0.319 e. The van der Waals surface area contributed by atoms with Crippen molar-refractivity contribution in [2.45, 2.75) is 12.8 Å². The van der Waals surface area contributed by atoms with Crippen molar-refractivity contribution >= 4 is 29.0 Å². The van der Waals surface area contributed by atoms with Crippen LogP contribution in [0.25, 0.3) is 0 Å². The molecule has 8 heteroatoms. The quantitative estimate of drug-likeness (QED) is 0.516. The fraction of sp³-hybridized carbons (Fsp3) is 0.385. The number of halogens is 1. The number of aliphatic carboxylic acids is 1. The second-order valence-corrected chi connectivity index (χ2v) is 5.23. The molecule has 1 aliphatic rings. The minimum Gasteiger partial charge on any atom is -0.480 e. The average Bonchev–Trinajstić information content (AvgIpc) is 2.43. The van der Waals surface area contributed by atoms with E-state index in [1.807, 2.05) is 0 Å². The summed E-state index contributed by atoms with van der Waals surface area (Å²) < 4.78 is 5.14. The van der Waals surface area contributed by atoms with E-state index in [0.717, 1.165) is 6.07 Å². The van der Waals surface area contributed by atoms with Crippen molar-refractivity contribution in [2.75, 3.05) is 13.2 Å². The van der Waals surface area contributed by atoms with Crippen molar-refractivity contribution in [2.24, 2.45) is 5.41 Å². The Morgan fingerprint density at radius 2 is 2.24 bits per heavy atom. The summed E-state index contributed by atoms with van der Waals surface area (Å²) in [6, 6.07) is 3.73. The average molecular weight is 314 g/mol. The highest BCUT2D eigenvalue weighted by Crippen LogP contribution is 2.33. The Morgan fingerprint density at radius 1 is 1.52 bits per heavy atom. The van der Waals surface area contributed by atoms with Crippen LogP contribution in [0.1, 0.15) is 12.0 Å². The SMILES string of the molecule is O=C(O)C1(Cc2ccc([N+](=O)[O-])cc2Cl)COCCC1=O. The molecule has 0 amide bonds. The van der Waals surface area contributed by atoms with Crippen molar-refractivity contribution < 1.29 is 24.4 Å². The standard InChI is InChI=1S/C13H12ClNO6/c14-10-5-9(15(19)20)2-1-8(10)6-13(12(17)18)7-21-4-3-11(13)16/h1-2,5H,3-4,6-7H2,(H,17,18). The summed E-state index contributed by atoms with van der Waals surface area (Å²) in [5.41, 5.74) is -1.51. The number of rotatable bonds is 4. The lowest BCUT2D eigenvalue weighted by atomic mass is 9.76. The summed E-state index contributed by atoms with van der Waals surface area (Å²) in [5, 5.41) is 20.1. The van der Waals surface area contributed by atoms with Gasteiger partial charge in [0.05, 0.1) is 23.2 Å². The Kier molecular flexibility index (Phi) is 4.24. The van der Waals surface area contributed by atoms with Crippen LogP contribution in [-0.2, 0) is 20.7 Å². The van der Waals surface area contributed by atoms with Gasteiger partial charge in [-0.25, -0.2) is 0 Å². The van der Waals surface area contributed by atoms with E-state index < -0.39 is 22.1 Å². The lowest BCUT2D eigenvalue weighted by Gasteiger charge is -2.31. The first kappa shape index (κ1) is 15.4. The van der Waals surface area contributed by atoms with Gasteiger partial charge in [-0.1, -0.05) is 17.7 Å². The van der Waals surface area contributed by atoms with Crippen LogP contribution in [0.5, 0.6) is 0 Å². The lowest BCUT2D eigenvalue weighted by molar-refractivity contribution is -0.384. The topological polar surface area (TPSA) is 107 Å². The number of carboxylic acid groups (broad SMARTS) is 1. The molecule has 1 atom stereocenters. The van der Waals surface area contributed by atoms with E-state index in [0.29, 0.717) is 5.56 Å². The van der Waals surface area contributed by atoms with Crippen molar-refractivity contribution in [1.29, 1.82) is 0 Å². The molecule has 0 radical (unpaired) electrons. The highest BCUT2D eigenvalue weighted by molar-refractivity contribution is 6.31. The van der Waals surface area contributed by atoms with Gasteiger partial charge in [0.2, 0.25) is 0 Å². The highest BCUT2D eigenvalue weighted by Gasteiger charge is 2.48. The smallest absolute Gasteiger partial charge is 0.319 e. The number of ketones is 1. The number of non-ortho nitro benzene ring substituents is 1. The molecule has 1 saturated heterocycles. The van der Waals surface area contributed by atoms with Crippen LogP contribution in [0.3, 0.4) is 0 Å². The number of nitro groups is 1. The number of carbonyl (C=O) groups excluding carboxylic acids is 1. The van der Waals surface area contributed by atoms with Gasteiger partial charge < -0.3 is 9.84 Å². The molecule has 1 N–H and O–H groups in total.